The molecule has 6 heteroatoms. The second-order valence-corrected chi connectivity index (χ2v) is 4.73. The number of methoxy groups -OCH3 is 2. The first-order chi connectivity index (χ1) is 9.29. The van der Waals surface area contributed by atoms with Crippen LogP contribution in [0.15, 0.2) is 12.1 Å². The van der Waals surface area contributed by atoms with Crippen LogP contribution in [0.5, 0.6) is 5.75 Å². The predicted octanol–water partition coefficient (Wildman–Crippen LogP) is 3.10. The Bertz CT molecular complexity index is 447. The first-order valence-electron chi connectivity index (χ1n) is 6.21. The number of aryl methyl sites for hydroxylation is 1. The van der Waals surface area contributed by atoms with Crippen LogP contribution in [0.2, 0.25) is 0 Å². The number of halogens is 3. The Morgan fingerprint density at radius 1 is 1.20 bits per heavy atom. The molecule has 0 fully saturated rings. The fourth-order valence-corrected chi connectivity index (χ4v) is 2.03. The van der Waals surface area contributed by atoms with E-state index in [-0.39, 0.29) is 5.75 Å². The minimum absolute atomic E-state index is 0.104. The van der Waals surface area contributed by atoms with Gasteiger partial charge in [0.05, 0.1) is 19.3 Å². The SMILES string of the molecule is COCCN(C)Cc1cc(C)cc(C(F)(F)F)c1OC. The van der Waals surface area contributed by atoms with Crippen LogP contribution in [-0.4, -0.2) is 39.3 Å². The summed E-state index contributed by atoms with van der Waals surface area (Å²) in [6.07, 6.45) is -4.42. The van der Waals surface area contributed by atoms with E-state index in [9.17, 15) is 13.2 Å². The summed E-state index contributed by atoms with van der Waals surface area (Å²) in [5, 5.41) is 0. The second-order valence-electron chi connectivity index (χ2n) is 4.73. The van der Waals surface area contributed by atoms with Crippen molar-refractivity contribution in [2.24, 2.45) is 0 Å². The minimum Gasteiger partial charge on any atom is -0.496 e. The average Bonchev–Trinajstić information content (AvgIpc) is 2.34. The Hall–Kier alpha value is -1.27. The van der Waals surface area contributed by atoms with Gasteiger partial charge in [0, 0.05) is 25.8 Å². The van der Waals surface area contributed by atoms with Crippen molar-refractivity contribution in [2.45, 2.75) is 19.6 Å². The van der Waals surface area contributed by atoms with Crippen molar-refractivity contribution in [3.8, 4) is 5.75 Å². The summed E-state index contributed by atoms with van der Waals surface area (Å²) in [6, 6.07) is 2.83. The second kappa shape index (κ2) is 6.95. The molecule has 0 atom stereocenters. The van der Waals surface area contributed by atoms with Gasteiger partial charge in [-0.3, -0.25) is 4.90 Å². The summed E-state index contributed by atoms with van der Waals surface area (Å²) >= 11 is 0. The molecule has 0 aliphatic carbocycles. The third-order valence-corrected chi connectivity index (χ3v) is 2.94. The maximum absolute atomic E-state index is 13.0. The maximum atomic E-state index is 13.0. The molecule has 0 bridgehead atoms. The summed E-state index contributed by atoms with van der Waals surface area (Å²) < 4.78 is 49.0. The Kier molecular flexibility index (Phi) is 5.83. The molecule has 0 saturated carbocycles. The molecule has 3 nitrogen and oxygen atoms in total. The van der Waals surface area contributed by atoms with E-state index < -0.39 is 11.7 Å². The quantitative estimate of drug-likeness (QED) is 0.804. The van der Waals surface area contributed by atoms with Crippen LogP contribution in [0.25, 0.3) is 0 Å². The van der Waals surface area contributed by atoms with Crippen LogP contribution in [0.1, 0.15) is 16.7 Å². The molecule has 1 rings (SSSR count). The summed E-state index contributed by atoms with van der Waals surface area (Å²) in [7, 11) is 4.68. The van der Waals surface area contributed by atoms with Gasteiger partial charge in [-0.05, 0) is 25.6 Å². The van der Waals surface area contributed by atoms with Crippen molar-refractivity contribution in [1.82, 2.24) is 4.90 Å². The number of alkyl halides is 3. The van der Waals surface area contributed by atoms with E-state index in [0.717, 1.165) is 6.07 Å². The van der Waals surface area contributed by atoms with Gasteiger partial charge in [0.2, 0.25) is 0 Å². The van der Waals surface area contributed by atoms with Crippen LogP contribution >= 0.6 is 0 Å². The van der Waals surface area contributed by atoms with Crippen LogP contribution in [-0.2, 0) is 17.5 Å². The van der Waals surface area contributed by atoms with Gasteiger partial charge in [0.25, 0.3) is 0 Å². The molecule has 114 valence electrons. The van der Waals surface area contributed by atoms with Crippen LogP contribution < -0.4 is 4.74 Å². The fraction of sp³-hybridized carbons (Fsp3) is 0.571. The average molecular weight is 291 g/mol. The summed E-state index contributed by atoms with van der Waals surface area (Å²) in [4.78, 5) is 1.89. The molecular formula is C14H20F3NO2. The lowest BCUT2D eigenvalue weighted by Gasteiger charge is -2.21. The van der Waals surface area contributed by atoms with Crippen molar-refractivity contribution in [2.75, 3.05) is 34.4 Å². The predicted molar refractivity (Wildman–Crippen MR) is 70.9 cm³/mol. The third-order valence-electron chi connectivity index (χ3n) is 2.94. The molecule has 0 spiro atoms. The molecule has 0 radical (unpaired) electrons. The van der Waals surface area contributed by atoms with Gasteiger partial charge < -0.3 is 9.47 Å². The van der Waals surface area contributed by atoms with Gasteiger partial charge >= 0.3 is 6.18 Å². The number of likely N-dealkylation sites (N-methyl/N-ethyl adjacent to an activating group) is 1. The van der Waals surface area contributed by atoms with Crippen molar-refractivity contribution in [3.63, 3.8) is 0 Å². The molecule has 1 aromatic rings. The number of hydrogen-bond acceptors (Lipinski definition) is 3. The Labute approximate surface area is 117 Å². The Morgan fingerprint density at radius 2 is 1.85 bits per heavy atom. The highest BCUT2D eigenvalue weighted by Gasteiger charge is 2.35. The number of benzene rings is 1. The highest BCUT2D eigenvalue weighted by Crippen LogP contribution is 2.39. The lowest BCUT2D eigenvalue weighted by atomic mass is 10.0. The number of hydrogen-bond donors (Lipinski definition) is 0. The highest BCUT2D eigenvalue weighted by atomic mass is 19.4. The van der Waals surface area contributed by atoms with Crippen molar-refractivity contribution in [1.29, 1.82) is 0 Å². The van der Waals surface area contributed by atoms with E-state index in [1.807, 2.05) is 11.9 Å². The van der Waals surface area contributed by atoms with Crippen LogP contribution in [0.4, 0.5) is 13.2 Å². The van der Waals surface area contributed by atoms with Crippen molar-refractivity contribution in [3.05, 3.63) is 28.8 Å². The van der Waals surface area contributed by atoms with E-state index in [1.165, 1.54) is 7.11 Å². The molecular weight excluding hydrogens is 271 g/mol. The zero-order valence-electron chi connectivity index (χ0n) is 12.2. The summed E-state index contributed by atoms with van der Waals surface area (Å²) in [5.74, 6) is -0.104. The van der Waals surface area contributed by atoms with Gasteiger partial charge in [-0.1, -0.05) is 6.07 Å². The number of rotatable bonds is 6. The van der Waals surface area contributed by atoms with E-state index >= 15 is 0 Å². The van der Waals surface area contributed by atoms with Gasteiger partial charge in [-0.2, -0.15) is 13.2 Å². The third kappa shape index (κ3) is 4.38. The van der Waals surface area contributed by atoms with E-state index in [0.29, 0.717) is 30.8 Å². The lowest BCUT2D eigenvalue weighted by molar-refractivity contribution is -0.138. The molecule has 0 amide bonds. The fourth-order valence-electron chi connectivity index (χ4n) is 2.03. The van der Waals surface area contributed by atoms with Crippen molar-refractivity contribution < 1.29 is 22.6 Å². The molecule has 1 aromatic carbocycles. The van der Waals surface area contributed by atoms with Crippen molar-refractivity contribution >= 4 is 0 Å². The summed E-state index contributed by atoms with van der Waals surface area (Å²) in [6.45, 7) is 3.18. The number of ether oxygens (including phenoxy) is 2. The molecule has 0 aromatic heterocycles. The maximum Gasteiger partial charge on any atom is 0.419 e. The van der Waals surface area contributed by atoms with Gasteiger partial charge in [-0.15, -0.1) is 0 Å². The first kappa shape index (κ1) is 16.8. The van der Waals surface area contributed by atoms with Gasteiger partial charge in [0.1, 0.15) is 5.75 Å². The molecule has 0 saturated heterocycles. The zero-order chi connectivity index (χ0) is 15.3. The highest BCUT2D eigenvalue weighted by molar-refractivity contribution is 5.46. The van der Waals surface area contributed by atoms with E-state index in [2.05, 4.69) is 0 Å². The monoisotopic (exact) mass is 291 g/mol. The van der Waals surface area contributed by atoms with Crippen LogP contribution in [0, 0.1) is 6.92 Å². The Balaban J connectivity index is 3.09. The Morgan fingerprint density at radius 3 is 2.35 bits per heavy atom. The smallest absolute Gasteiger partial charge is 0.419 e. The molecule has 0 aliphatic rings. The topological polar surface area (TPSA) is 21.7 Å². The normalized spacial score (nSPS) is 12.0. The molecule has 0 heterocycles. The molecule has 20 heavy (non-hydrogen) atoms. The lowest BCUT2D eigenvalue weighted by Crippen LogP contribution is -2.23. The van der Waals surface area contributed by atoms with Crippen LogP contribution in [0.3, 0.4) is 0 Å². The zero-order valence-corrected chi connectivity index (χ0v) is 12.2. The molecule has 0 N–H and O–H groups in total. The van der Waals surface area contributed by atoms with E-state index in [4.69, 9.17) is 9.47 Å². The minimum atomic E-state index is -4.42. The molecule has 0 aliphatic heterocycles. The van der Waals surface area contributed by atoms with Gasteiger partial charge in [0.15, 0.2) is 0 Å². The van der Waals surface area contributed by atoms with E-state index in [1.54, 1.807) is 20.1 Å². The van der Waals surface area contributed by atoms with Gasteiger partial charge in [-0.25, -0.2) is 0 Å². The number of nitrogens with zero attached hydrogens (tertiary/aromatic N) is 1. The first-order valence-corrected chi connectivity index (χ1v) is 6.21. The summed E-state index contributed by atoms with van der Waals surface area (Å²) in [5.41, 5.74) is 0.363. The standard InChI is InChI=1S/C14H20F3NO2/c1-10-7-11(9-18(2)5-6-19-3)13(20-4)12(8-10)14(15,16)17/h7-8H,5-6,9H2,1-4H3. The molecule has 0 unspecified atom stereocenters. The largest absolute Gasteiger partial charge is 0.496 e.